The Kier molecular flexibility index (Phi) is 7.46. The summed E-state index contributed by atoms with van der Waals surface area (Å²) in [5.41, 5.74) is 0.515. The highest BCUT2D eigenvalue weighted by molar-refractivity contribution is 5.68. The molecule has 1 fully saturated rings. The van der Waals surface area contributed by atoms with Gasteiger partial charge in [-0.3, -0.25) is 0 Å². The maximum atomic E-state index is 11.4. The van der Waals surface area contributed by atoms with Crippen LogP contribution in [0.1, 0.15) is 39.8 Å². The van der Waals surface area contributed by atoms with Crippen molar-refractivity contribution in [2.45, 2.75) is 61.0 Å². The number of phenols is 7. The fraction of sp³-hybridized carbons (Fsp3) is 0.314. The first-order chi connectivity index (χ1) is 24.3. The minimum atomic E-state index is -2.23. The summed E-state index contributed by atoms with van der Waals surface area (Å²) in [7, 11) is 0. The smallest absolute Gasteiger partial charge is 0.305 e. The Labute approximate surface area is 287 Å². The van der Waals surface area contributed by atoms with Crippen LogP contribution in [0.25, 0.3) is 0 Å². The highest BCUT2D eigenvalue weighted by Crippen LogP contribution is 2.63. The first-order valence-corrected chi connectivity index (χ1v) is 15.8. The van der Waals surface area contributed by atoms with E-state index in [9.17, 15) is 56.2 Å². The predicted octanol–water partition coefficient (Wildman–Crippen LogP) is 1.26. The predicted molar refractivity (Wildman–Crippen MR) is 168 cm³/mol. The monoisotopic (exact) mass is 708 g/mol. The van der Waals surface area contributed by atoms with Crippen LogP contribution >= 0.6 is 0 Å². The molecule has 1 saturated heterocycles. The van der Waals surface area contributed by atoms with E-state index in [4.69, 9.17) is 23.7 Å². The van der Waals surface area contributed by atoms with Gasteiger partial charge in [-0.2, -0.15) is 0 Å². The molecular weight excluding hydrogens is 676 g/mol. The number of aliphatic hydroxyl groups excluding tert-OH is 4. The molecule has 16 heteroatoms. The molecule has 4 heterocycles. The molecule has 268 valence electrons. The third kappa shape index (κ3) is 4.98. The van der Waals surface area contributed by atoms with E-state index in [1.807, 2.05) is 0 Å². The number of hydrogen-bond acceptors (Lipinski definition) is 16. The Morgan fingerprint density at radius 1 is 0.647 bits per heavy atom. The van der Waals surface area contributed by atoms with Gasteiger partial charge in [-0.1, -0.05) is 6.07 Å². The normalized spacial score (nSPS) is 30.5. The molecule has 0 amide bonds. The highest BCUT2D eigenvalue weighted by Gasteiger charge is 2.62. The zero-order chi connectivity index (χ0) is 36.1. The average molecular weight is 709 g/mol. The van der Waals surface area contributed by atoms with Gasteiger partial charge in [0, 0.05) is 46.9 Å². The zero-order valence-electron chi connectivity index (χ0n) is 26.2. The molecule has 0 saturated carbocycles. The van der Waals surface area contributed by atoms with Crippen molar-refractivity contribution in [2.75, 3.05) is 6.61 Å². The summed E-state index contributed by atoms with van der Waals surface area (Å²) >= 11 is 0. The van der Waals surface area contributed by atoms with E-state index in [-0.39, 0.29) is 57.2 Å². The molecule has 9 atom stereocenters. The van der Waals surface area contributed by atoms with Crippen LogP contribution in [0, 0.1) is 0 Å². The van der Waals surface area contributed by atoms with Crippen molar-refractivity contribution in [3.05, 3.63) is 82.4 Å². The van der Waals surface area contributed by atoms with E-state index >= 15 is 0 Å². The van der Waals surface area contributed by atoms with Crippen molar-refractivity contribution in [2.24, 2.45) is 0 Å². The Morgan fingerprint density at radius 2 is 1.33 bits per heavy atom. The summed E-state index contributed by atoms with van der Waals surface area (Å²) in [6.07, 6.45) is -10.8. The quantitative estimate of drug-likeness (QED) is 0.133. The SMILES string of the molecule is Oc1cc(O)c2c(c1)O[C@]1(c3ccc(O)c(O)c3)Oc3cc(O)c4c(c3[C@H]2[C@@H]1O[C@@H]1OC[C@H](O)[C@H](O)[C@H]1O)O[C@H](c1ccc(O)c(O)c1)[C@H](O)C4. The lowest BCUT2D eigenvalue weighted by Gasteiger charge is -2.53. The molecular formula is C35H32O16. The summed E-state index contributed by atoms with van der Waals surface area (Å²) in [4.78, 5) is 0. The van der Waals surface area contributed by atoms with Crippen LogP contribution in [-0.4, -0.2) is 99.6 Å². The molecule has 4 aliphatic heterocycles. The van der Waals surface area contributed by atoms with Crippen LogP contribution in [0.3, 0.4) is 0 Å². The van der Waals surface area contributed by atoms with Gasteiger partial charge in [-0.25, -0.2) is 0 Å². The van der Waals surface area contributed by atoms with Crippen LogP contribution in [0.2, 0.25) is 0 Å². The topological polar surface area (TPSA) is 269 Å². The maximum absolute atomic E-state index is 11.4. The van der Waals surface area contributed by atoms with E-state index in [1.165, 1.54) is 36.4 Å². The van der Waals surface area contributed by atoms with Crippen LogP contribution in [0.5, 0.6) is 57.5 Å². The Morgan fingerprint density at radius 3 is 2.04 bits per heavy atom. The van der Waals surface area contributed by atoms with E-state index in [1.54, 1.807) is 0 Å². The molecule has 11 N–H and O–H groups in total. The van der Waals surface area contributed by atoms with Crippen molar-refractivity contribution in [1.82, 2.24) is 0 Å². The van der Waals surface area contributed by atoms with Gasteiger partial charge >= 0.3 is 5.79 Å². The standard InChI is InChI=1S/C35H32O16/c36-14-7-21(42)26-24(8-14)50-35(13-2-4-17(38)20(41)6-13)33(49-34-30(46)29(45)23(44)11-47-34)28(26)27-25(51-35)10-18(39)15-9-22(43)31(48-32(15)27)12-1-3-16(37)19(40)5-12/h1-8,10,22-23,28-31,33-34,36-46H,9,11H2/t22-,23+,28+,29+,30-,31-,33+,34+,35-/m1/s1. The van der Waals surface area contributed by atoms with Gasteiger partial charge in [0.1, 0.15) is 58.9 Å². The van der Waals surface area contributed by atoms with Crippen LogP contribution < -0.4 is 14.2 Å². The fourth-order valence-electron chi connectivity index (χ4n) is 7.28. The number of phenolic OH excluding ortho intramolecular Hbond substituents is 7. The van der Waals surface area contributed by atoms with Gasteiger partial charge in [0.15, 0.2) is 35.4 Å². The summed E-state index contributed by atoms with van der Waals surface area (Å²) in [5.74, 6) is -7.00. The van der Waals surface area contributed by atoms with E-state index < -0.39 is 95.7 Å². The van der Waals surface area contributed by atoms with Crippen molar-refractivity contribution in [3.63, 3.8) is 0 Å². The molecule has 4 aromatic rings. The van der Waals surface area contributed by atoms with Crippen molar-refractivity contribution >= 4 is 0 Å². The molecule has 8 rings (SSSR count). The number of benzene rings is 4. The zero-order valence-corrected chi connectivity index (χ0v) is 26.2. The third-order valence-corrected chi connectivity index (χ3v) is 9.74. The first-order valence-electron chi connectivity index (χ1n) is 15.8. The molecule has 2 bridgehead atoms. The number of ether oxygens (including phenoxy) is 5. The van der Waals surface area contributed by atoms with Gasteiger partial charge in [-0.15, -0.1) is 0 Å². The molecule has 0 unspecified atom stereocenters. The van der Waals surface area contributed by atoms with Crippen molar-refractivity contribution in [1.29, 1.82) is 0 Å². The number of hydrogen-bond donors (Lipinski definition) is 11. The van der Waals surface area contributed by atoms with Crippen molar-refractivity contribution < 1.29 is 79.9 Å². The van der Waals surface area contributed by atoms with Crippen LogP contribution in [0.15, 0.2) is 54.6 Å². The minimum Gasteiger partial charge on any atom is -0.508 e. The lowest BCUT2D eigenvalue weighted by atomic mass is 9.74. The Hall–Kier alpha value is -5.36. The lowest BCUT2D eigenvalue weighted by Crippen LogP contribution is -2.62. The van der Waals surface area contributed by atoms with Gasteiger partial charge in [0.2, 0.25) is 0 Å². The number of aromatic hydroxyl groups is 7. The van der Waals surface area contributed by atoms with Crippen molar-refractivity contribution in [3.8, 4) is 57.5 Å². The molecule has 16 nitrogen and oxygen atoms in total. The largest absolute Gasteiger partial charge is 0.508 e. The fourth-order valence-corrected chi connectivity index (χ4v) is 7.28. The van der Waals surface area contributed by atoms with E-state index in [2.05, 4.69) is 0 Å². The number of rotatable bonds is 4. The summed E-state index contributed by atoms with van der Waals surface area (Å²) < 4.78 is 31.4. The molecule has 0 aliphatic carbocycles. The third-order valence-electron chi connectivity index (χ3n) is 9.74. The lowest BCUT2D eigenvalue weighted by molar-refractivity contribution is -0.327. The number of aliphatic hydroxyl groups is 4. The molecule has 51 heavy (non-hydrogen) atoms. The molecule has 0 spiro atoms. The van der Waals surface area contributed by atoms with E-state index in [0.717, 1.165) is 18.2 Å². The molecule has 0 aromatic heterocycles. The summed E-state index contributed by atoms with van der Waals surface area (Å²) in [5, 5.41) is 117. The second-order valence-electron chi connectivity index (χ2n) is 12.9. The number of fused-ring (bicyclic) bond motifs is 8. The molecule has 0 radical (unpaired) electrons. The van der Waals surface area contributed by atoms with Gasteiger partial charge in [0.05, 0.1) is 18.6 Å². The molecule has 4 aromatic carbocycles. The Bertz CT molecular complexity index is 2050. The summed E-state index contributed by atoms with van der Waals surface area (Å²) in [6.45, 7) is -0.452. The van der Waals surface area contributed by atoms with Crippen LogP contribution in [-0.2, 0) is 21.7 Å². The minimum absolute atomic E-state index is 0.00353. The highest BCUT2D eigenvalue weighted by atomic mass is 16.8. The maximum Gasteiger partial charge on any atom is 0.305 e. The Balaban J connectivity index is 1.38. The first kappa shape index (κ1) is 32.8. The average Bonchev–Trinajstić information content (AvgIpc) is 3.07. The summed E-state index contributed by atoms with van der Waals surface area (Å²) in [6, 6.07) is 10.9. The van der Waals surface area contributed by atoms with Gasteiger partial charge < -0.3 is 79.9 Å². The second kappa shape index (κ2) is 11.6. The second-order valence-corrected chi connectivity index (χ2v) is 12.9. The van der Waals surface area contributed by atoms with Crippen LogP contribution in [0.4, 0.5) is 0 Å². The molecule has 4 aliphatic rings. The van der Waals surface area contributed by atoms with E-state index in [0.29, 0.717) is 0 Å². The van der Waals surface area contributed by atoms with Gasteiger partial charge in [-0.05, 0) is 35.9 Å². The van der Waals surface area contributed by atoms with Gasteiger partial charge in [0.25, 0.3) is 0 Å².